The van der Waals surface area contributed by atoms with Crippen molar-refractivity contribution in [3.8, 4) is 17.1 Å². The molecule has 0 saturated carbocycles. The number of methoxy groups -OCH3 is 1. The Morgan fingerprint density at radius 3 is 2.66 bits per heavy atom. The molecule has 1 aliphatic heterocycles. The van der Waals surface area contributed by atoms with Gasteiger partial charge in [0.15, 0.2) is 0 Å². The van der Waals surface area contributed by atoms with Gasteiger partial charge in [0, 0.05) is 55.4 Å². The molecular weight excluding hydrogens is 371 g/mol. The van der Waals surface area contributed by atoms with Crippen molar-refractivity contribution in [1.82, 2.24) is 9.55 Å². The molecule has 0 spiro atoms. The lowest BCUT2D eigenvalue weighted by atomic mass is 10.1. The maximum atomic E-state index is 14.2. The maximum absolute atomic E-state index is 14.2. The second-order valence-electron chi connectivity index (χ2n) is 7.13. The van der Waals surface area contributed by atoms with Crippen molar-refractivity contribution in [2.24, 2.45) is 7.05 Å². The third-order valence-electron chi connectivity index (χ3n) is 5.12. The fraction of sp³-hybridized carbons (Fsp3) is 0.273. The number of hydrogen-bond acceptors (Lipinski definition) is 4. The third-order valence-corrected chi connectivity index (χ3v) is 5.12. The van der Waals surface area contributed by atoms with Gasteiger partial charge < -0.3 is 19.5 Å². The summed E-state index contributed by atoms with van der Waals surface area (Å²) in [6.45, 7) is 2.00. The number of nitrogens with one attached hydrogen (secondary N) is 1. The Bertz CT molecular complexity index is 1040. The molecule has 1 fully saturated rings. The molecule has 0 aliphatic carbocycles. The molecule has 2 aromatic carbocycles. The number of nitrogens with zero attached hydrogens (tertiary/aromatic N) is 3. The van der Waals surface area contributed by atoms with Crippen LogP contribution in [0.1, 0.15) is 23.2 Å². The molecule has 1 aliphatic rings. The van der Waals surface area contributed by atoms with Crippen molar-refractivity contribution in [2.75, 3.05) is 30.4 Å². The van der Waals surface area contributed by atoms with Gasteiger partial charge in [-0.25, -0.2) is 9.37 Å². The summed E-state index contributed by atoms with van der Waals surface area (Å²) in [5.74, 6) is 0.418. The molecule has 0 bridgehead atoms. The number of ether oxygens (including phenoxy) is 1. The van der Waals surface area contributed by atoms with Crippen LogP contribution in [0.2, 0.25) is 0 Å². The van der Waals surface area contributed by atoms with Gasteiger partial charge in [0.25, 0.3) is 5.91 Å². The Labute approximate surface area is 168 Å². The molecule has 150 valence electrons. The average Bonchev–Trinajstić information content (AvgIpc) is 3.39. The molecule has 0 radical (unpaired) electrons. The molecular formula is C22H23FN4O2. The van der Waals surface area contributed by atoms with Crippen LogP contribution in [-0.2, 0) is 7.05 Å². The topological polar surface area (TPSA) is 59.4 Å². The highest BCUT2D eigenvalue weighted by Gasteiger charge is 2.18. The minimum atomic E-state index is -0.488. The minimum absolute atomic E-state index is 0.227. The quantitative estimate of drug-likeness (QED) is 0.708. The molecule has 1 N–H and O–H groups in total. The van der Waals surface area contributed by atoms with E-state index in [1.54, 1.807) is 36.2 Å². The molecule has 1 amide bonds. The predicted molar refractivity (Wildman–Crippen MR) is 111 cm³/mol. The zero-order valence-electron chi connectivity index (χ0n) is 16.5. The summed E-state index contributed by atoms with van der Waals surface area (Å²) in [5.41, 5.74) is 2.39. The van der Waals surface area contributed by atoms with E-state index < -0.39 is 11.7 Å². The van der Waals surface area contributed by atoms with Crippen molar-refractivity contribution in [2.45, 2.75) is 12.8 Å². The molecule has 1 aromatic heterocycles. The smallest absolute Gasteiger partial charge is 0.255 e. The van der Waals surface area contributed by atoms with E-state index in [1.807, 2.05) is 19.2 Å². The molecule has 6 nitrogen and oxygen atoms in total. The summed E-state index contributed by atoms with van der Waals surface area (Å²) in [6, 6.07) is 9.81. The van der Waals surface area contributed by atoms with Crippen LogP contribution in [0.5, 0.6) is 5.75 Å². The highest BCUT2D eigenvalue weighted by molar-refractivity contribution is 6.05. The Morgan fingerprint density at radius 1 is 1.17 bits per heavy atom. The summed E-state index contributed by atoms with van der Waals surface area (Å²) in [7, 11) is 3.44. The van der Waals surface area contributed by atoms with Crippen molar-refractivity contribution >= 4 is 17.3 Å². The number of benzene rings is 2. The standard InChI is InChI=1S/C22H23FN4O2/c1-26-10-7-24-21(26)15-11-16(13-17(23)12-15)22(28)25-18-5-6-19(20(14-18)29-2)27-8-3-4-9-27/h5-7,10-14H,3-4,8-9H2,1-2H3,(H,25,28). The number of imidazole rings is 1. The van der Waals surface area contributed by atoms with Crippen LogP contribution in [0.3, 0.4) is 0 Å². The van der Waals surface area contributed by atoms with Gasteiger partial charge in [-0.2, -0.15) is 0 Å². The Hall–Kier alpha value is -3.35. The zero-order chi connectivity index (χ0) is 20.4. The van der Waals surface area contributed by atoms with E-state index in [-0.39, 0.29) is 5.56 Å². The van der Waals surface area contributed by atoms with Gasteiger partial charge in [0.1, 0.15) is 17.4 Å². The van der Waals surface area contributed by atoms with E-state index >= 15 is 0 Å². The van der Waals surface area contributed by atoms with Gasteiger partial charge in [-0.1, -0.05) is 0 Å². The number of carbonyl (C=O) groups is 1. The summed E-state index contributed by atoms with van der Waals surface area (Å²) in [5, 5.41) is 2.83. The van der Waals surface area contributed by atoms with Gasteiger partial charge in [0.2, 0.25) is 0 Å². The van der Waals surface area contributed by atoms with Crippen LogP contribution in [-0.4, -0.2) is 35.7 Å². The van der Waals surface area contributed by atoms with Crippen LogP contribution in [0.4, 0.5) is 15.8 Å². The van der Waals surface area contributed by atoms with E-state index in [4.69, 9.17) is 4.74 Å². The van der Waals surface area contributed by atoms with E-state index in [0.717, 1.165) is 18.8 Å². The van der Waals surface area contributed by atoms with Crippen LogP contribution < -0.4 is 15.0 Å². The number of amides is 1. The van der Waals surface area contributed by atoms with Gasteiger partial charge in [-0.15, -0.1) is 0 Å². The predicted octanol–water partition coefficient (Wildman–Crippen LogP) is 4.09. The second kappa shape index (κ2) is 7.95. The highest BCUT2D eigenvalue weighted by Crippen LogP contribution is 2.33. The van der Waals surface area contributed by atoms with Gasteiger partial charge in [0.05, 0.1) is 12.8 Å². The van der Waals surface area contributed by atoms with E-state index in [9.17, 15) is 9.18 Å². The zero-order valence-corrected chi connectivity index (χ0v) is 16.5. The highest BCUT2D eigenvalue weighted by atomic mass is 19.1. The summed E-state index contributed by atoms with van der Waals surface area (Å²) >= 11 is 0. The lowest BCUT2D eigenvalue weighted by molar-refractivity contribution is 0.102. The number of anilines is 2. The van der Waals surface area contributed by atoms with Crippen molar-refractivity contribution in [1.29, 1.82) is 0 Å². The number of halogens is 1. The molecule has 2 heterocycles. The molecule has 0 atom stereocenters. The van der Waals surface area contributed by atoms with E-state index in [0.29, 0.717) is 22.8 Å². The normalized spacial score (nSPS) is 13.6. The minimum Gasteiger partial charge on any atom is -0.495 e. The van der Waals surface area contributed by atoms with Gasteiger partial charge >= 0.3 is 0 Å². The fourth-order valence-corrected chi connectivity index (χ4v) is 3.67. The number of hydrogen-bond donors (Lipinski definition) is 1. The van der Waals surface area contributed by atoms with Crippen LogP contribution in [0, 0.1) is 5.82 Å². The molecule has 7 heteroatoms. The molecule has 3 aromatic rings. The largest absolute Gasteiger partial charge is 0.495 e. The van der Waals surface area contributed by atoms with Crippen LogP contribution in [0.25, 0.3) is 11.4 Å². The number of carbonyl (C=O) groups excluding carboxylic acids is 1. The Kier molecular flexibility index (Phi) is 5.20. The fourth-order valence-electron chi connectivity index (χ4n) is 3.67. The molecule has 4 rings (SSSR count). The van der Waals surface area contributed by atoms with Crippen molar-refractivity contribution in [3.05, 3.63) is 60.2 Å². The molecule has 1 saturated heterocycles. The first-order chi connectivity index (χ1) is 14.0. The van der Waals surface area contributed by atoms with E-state index in [2.05, 4.69) is 15.2 Å². The second-order valence-corrected chi connectivity index (χ2v) is 7.13. The lowest BCUT2D eigenvalue weighted by Gasteiger charge is -2.21. The first kappa shape index (κ1) is 19.0. The SMILES string of the molecule is COc1cc(NC(=O)c2cc(F)cc(-c3nccn3C)c2)ccc1N1CCCC1. The maximum Gasteiger partial charge on any atom is 0.255 e. The van der Waals surface area contributed by atoms with Crippen LogP contribution in [0.15, 0.2) is 48.8 Å². The first-order valence-corrected chi connectivity index (χ1v) is 9.58. The Morgan fingerprint density at radius 2 is 1.97 bits per heavy atom. The molecule has 0 unspecified atom stereocenters. The number of aromatic nitrogens is 2. The summed E-state index contributed by atoms with van der Waals surface area (Å²) in [6.07, 6.45) is 5.74. The number of aryl methyl sites for hydroxylation is 1. The average molecular weight is 394 g/mol. The van der Waals surface area contributed by atoms with Gasteiger partial charge in [-0.05, 0) is 43.2 Å². The van der Waals surface area contributed by atoms with Crippen molar-refractivity contribution in [3.63, 3.8) is 0 Å². The molecule has 29 heavy (non-hydrogen) atoms. The summed E-state index contributed by atoms with van der Waals surface area (Å²) < 4.78 is 21.5. The van der Waals surface area contributed by atoms with E-state index in [1.165, 1.54) is 25.0 Å². The first-order valence-electron chi connectivity index (χ1n) is 9.58. The monoisotopic (exact) mass is 394 g/mol. The van der Waals surface area contributed by atoms with Crippen LogP contribution >= 0.6 is 0 Å². The summed E-state index contributed by atoms with van der Waals surface area (Å²) in [4.78, 5) is 19.3. The third kappa shape index (κ3) is 3.94. The van der Waals surface area contributed by atoms with Gasteiger partial charge in [-0.3, -0.25) is 4.79 Å². The number of rotatable bonds is 5. The Balaban J connectivity index is 1.58. The van der Waals surface area contributed by atoms with Crippen molar-refractivity contribution < 1.29 is 13.9 Å². The lowest BCUT2D eigenvalue weighted by Crippen LogP contribution is -2.18.